The largest absolute Gasteiger partial charge is 0.454 e. The standard InChI is InChI=1S/C12H15BrO2/c1-8-10(7-11(13)15-8)12(14)9-5-3-2-4-6-9/h7,9H,2-6H2,1H3. The summed E-state index contributed by atoms with van der Waals surface area (Å²) in [6.45, 7) is 1.85. The van der Waals surface area contributed by atoms with Gasteiger partial charge in [0.25, 0.3) is 0 Å². The zero-order chi connectivity index (χ0) is 10.8. The van der Waals surface area contributed by atoms with Gasteiger partial charge in [0.2, 0.25) is 0 Å². The number of rotatable bonds is 2. The first-order valence-electron chi connectivity index (χ1n) is 5.48. The predicted molar refractivity (Wildman–Crippen MR) is 62.1 cm³/mol. The molecule has 1 saturated carbocycles. The average molecular weight is 271 g/mol. The van der Waals surface area contributed by atoms with E-state index in [1.807, 2.05) is 6.92 Å². The van der Waals surface area contributed by atoms with Crippen LogP contribution in [0.15, 0.2) is 15.2 Å². The molecule has 0 saturated heterocycles. The van der Waals surface area contributed by atoms with Gasteiger partial charge in [-0.1, -0.05) is 19.3 Å². The Balaban J connectivity index is 2.16. The van der Waals surface area contributed by atoms with Crippen LogP contribution in [0.25, 0.3) is 0 Å². The van der Waals surface area contributed by atoms with Gasteiger partial charge in [-0.05, 0) is 35.7 Å². The van der Waals surface area contributed by atoms with Crippen LogP contribution in [0.4, 0.5) is 0 Å². The Hall–Kier alpha value is -0.570. The maximum Gasteiger partial charge on any atom is 0.170 e. The van der Waals surface area contributed by atoms with Gasteiger partial charge in [-0.2, -0.15) is 0 Å². The molecule has 1 aromatic rings. The highest BCUT2D eigenvalue weighted by molar-refractivity contribution is 9.10. The number of halogens is 1. The second-order valence-corrected chi connectivity index (χ2v) is 5.00. The lowest BCUT2D eigenvalue weighted by molar-refractivity contribution is 0.0888. The maximum absolute atomic E-state index is 12.2. The summed E-state index contributed by atoms with van der Waals surface area (Å²) in [5.41, 5.74) is 0.758. The van der Waals surface area contributed by atoms with Crippen molar-refractivity contribution < 1.29 is 9.21 Å². The number of carbonyl (C=O) groups is 1. The monoisotopic (exact) mass is 270 g/mol. The summed E-state index contributed by atoms with van der Waals surface area (Å²) < 4.78 is 5.97. The van der Waals surface area contributed by atoms with Gasteiger partial charge in [0.15, 0.2) is 10.5 Å². The van der Waals surface area contributed by atoms with Crippen LogP contribution in [0, 0.1) is 12.8 Å². The van der Waals surface area contributed by atoms with Gasteiger partial charge in [-0.15, -0.1) is 0 Å². The molecule has 0 N–H and O–H groups in total. The van der Waals surface area contributed by atoms with Gasteiger partial charge in [0.1, 0.15) is 5.76 Å². The highest BCUT2D eigenvalue weighted by Gasteiger charge is 2.25. The molecule has 3 heteroatoms. The van der Waals surface area contributed by atoms with Crippen LogP contribution in [0.2, 0.25) is 0 Å². The molecule has 1 aliphatic rings. The number of hydrogen-bond acceptors (Lipinski definition) is 2. The fourth-order valence-electron chi connectivity index (χ4n) is 2.28. The van der Waals surface area contributed by atoms with Crippen LogP contribution >= 0.6 is 15.9 Å². The van der Waals surface area contributed by atoms with Crippen LogP contribution < -0.4 is 0 Å². The zero-order valence-electron chi connectivity index (χ0n) is 8.88. The van der Waals surface area contributed by atoms with E-state index in [2.05, 4.69) is 15.9 Å². The summed E-state index contributed by atoms with van der Waals surface area (Å²) in [6, 6.07) is 1.80. The van der Waals surface area contributed by atoms with Crippen molar-refractivity contribution in [3.63, 3.8) is 0 Å². The first kappa shape index (κ1) is 10.9. The zero-order valence-corrected chi connectivity index (χ0v) is 10.5. The minimum Gasteiger partial charge on any atom is -0.454 e. The van der Waals surface area contributed by atoms with Gasteiger partial charge in [-0.25, -0.2) is 0 Å². The molecule has 15 heavy (non-hydrogen) atoms. The molecule has 0 unspecified atom stereocenters. The smallest absolute Gasteiger partial charge is 0.170 e. The number of carbonyl (C=O) groups excluding carboxylic acids is 1. The molecule has 0 aromatic carbocycles. The summed E-state index contributed by atoms with van der Waals surface area (Å²) in [5.74, 6) is 1.22. The van der Waals surface area contributed by atoms with Crippen molar-refractivity contribution in [3.8, 4) is 0 Å². The second kappa shape index (κ2) is 4.52. The molecule has 82 valence electrons. The topological polar surface area (TPSA) is 30.2 Å². The normalized spacial score (nSPS) is 18.0. The van der Waals surface area contributed by atoms with E-state index in [1.165, 1.54) is 19.3 Å². The van der Waals surface area contributed by atoms with E-state index in [9.17, 15) is 4.79 Å². The fraction of sp³-hybridized carbons (Fsp3) is 0.583. The molecular formula is C12H15BrO2. The number of ketones is 1. The molecule has 1 fully saturated rings. The van der Waals surface area contributed by atoms with E-state index in [1.54, 1.807) is 6.07 Å². The van der Waals surface area contributed by atoms with Gasteiger partial charge in [-0.3, -0.25) is 4.79 Å². The molecule has 1 aromatic heterocycles. The Morgan fingerprint density at radius 1 is 1.40 bits per heavy atom. The van der Waals surface area contributed by atoms with E-state index in [0.29, 0.717) is 4.67 Å². The number of Topliss-reactive ketones (excluding diaryl/α,β-unsaturated/α-hetero) is 1. The van der Waals surface area contributed by atoms with Crippen molar-refractivity contribution in [3.05, 3.63) is 22.1 Å². The maximum atomic E-state index is 12.2. The highest BCUT2D eigenvalue weighted by atomic mass is 79.9. The van der Waals surface area contributed by atoms with Crippen molar-refractivity contribution in [1.29, 1.82) is 0 Å². The van der Waals surface area contributed by atoms with Crippen molar-refractivity contribution in [2.24, 2.45) is 5.92 Å². The number of furan rings is 1. The average Bonchev–Trinajstić information content (AvgIpc) is 2.58. The van der Waals surface area contributed by atoms with Crippen LogP contribution in [0.1, 0.15) is 48.2 Å². The summed E-state index contributed by atoms with van der Waals surface area (Å²) in [6.07, 6.45) is 5.74. The van der Waals surface area contributed by atoms with E-state index in [4.69, 9.17) is 4.42 Å². The van der Waals surface area contributed by atoms with Crippen LogP contribution in [-0.2, 0) is 0 Å². The molecule has 1 heterocycles. The minimum absolute atomic E-state index is 0.224. The molecule has 0 aliphatic heterocycles. The van der Waals surface area contributed by atoms with Crippen molar-refractivity contribution >= 4 is 21.7 Å². The Morgan fingerprint density at radius 2 is 2.07 bits per heavy atom. The van der Waals surface area contributed by atoms with Gasteiger partial charge in [0.05, 0.1) is 5.56 Å². The third-order valence-corrected chi connectivity index (χ3v) is 3.52. The Morgan fingerprint density at radius 3 is 2.60 bits per heavy atom. The molecule has 0 spiro atoms. The lowest BCUT2D eigenvalue weighted by atomic mass is 9.84. The van der Waals surface area contributed by atoms with Gasteiger partial charge in [0, 0.05) is 12.0 Å². The molecule has 2 nitrogen and oxygen atoms in total. The molecular weight excluding hydrogens is 256 g/mol. The third-order valence-electron chi connectivity index (χ3n) is 3.13. The van der Waals surface area contributed by atoms with Crippen molar-refractivity contribution in [1.82, 2.24) is 0 Å². The molecule has 2 rings (SSSR count). The van der Waals surface area contributed by atoms with Crippen molar-refractivity contribution in [2.45, 2.75) is 39.0 Å². The predicted octanol–water partition coefficient (Wildman–Crippen LogP) is 4.11. The van der Waals surface area contributed by atoms with E-state index < -0.39 is 0 Å². The molecule has 0 atom stereocenters. The van der Waals surface area contributed by atoms with E-state index in [-0.39, 0.29) is 11.7 Å². The van der Waals surface area contributed by atoms with Crippen molar-refractivity contribution in [2.75, 3.05) is 0 Å². The SMILES string of the molecule is Cc1oc(Br)cc1C(=O)C1CCCCC1. The first-order chi connectivity index (χ1) is 7.18. The quantitative estimate of drug-likeness (QED) is 0.757. The molecule has 1 aliphatic carbocycles. The summed E-state index contributed by atoms with van der Waals surface area (Å²) in [7, 11) is 0. The Bertz CT molecular complexity index is 362. The summed E-state index contributed by atoms with van der Waals surface area (Å²) >= 11 is 3.26. The highest BCUT2D eigenvalue weighted by Crippen LogP contribution is 2.29. The van der Waals surface area contributed by atoms with Crippen LogP contribution in [0.3, 0.4) is 0 Å². The summed E-state index contributed by atoms with van der Waals surface area (Å²) in [4.78, 5) is 12.2. The molecule has 0 radical (unpaired) electrons. The second-order valence-electron chi connectivity index (χ2n) is 4.22. The lowest BCUT2D eigenvalue weighted by Crippen LogP contribution is -2.17. The Labute approximate surface area is 98.2 Å². The van der Waals surface area contributed by atoms with E-state index >= 15 is 0 Å². The lowest BCUT2D eigenvalue weighted by Gasteiger charge is -2.19. The van der Waals surface area contributed by atoms with Gasteiger partial charge >= 0.3 is 0 Å². The molecule has 0 bridgehead atoms. The molecule has 0 amide bonds. The van der Waals surface area contributed by atoms with Crippen LogP contribution in [0.5, 0.6) is 0 Å². The summed E-state index contributed by atoms with van der Waals surface area (Å²) in [5, 5.41) is 0. The number of hydrogen-bond donors (Lipinski definition) is 0. The third kappa shape index (κ3) is 2.33. The fourth-order valence-corrected chi connectivity index (χ4v) is 2.75. The first-order valence-corrected chi connectivity index (χ1v) is 6.28. The van der Waals surface area contributed by atoms with E-state index in [0.717, 1.165) is 24.2 Å². The Kier molecular flexibility index (Phi) is 3.29. The number of aryl methyl sites for hydroxylation is 1. The van der Waals surface area contributed by atoms with Crippen LogP contribution in [-0.4, -0.2) is 5.78 Å². The minimum atomic E-state index is 0.224. The van der Waals surface area contributed by atoms with Gasteiger partial charge < -0.3 is 4.42 Å².